The van der Waals surface area contributed by atoms with Gasteiger partial charge >= 0.3 is 5.97 Å². The summed E-state index contributed by atoms with van der Waals surface area (Å²) in [6, 6.07) is 0. The van der Waals surface area contributed by atoms with Gasteiger partial charge in [0.1, 0.15) is 18.3 Å². The Hall–Kier alpha value is -0.730. The molecule has 6 atom stereocenters. The molecule has 7 nitrogen and oxygen atoms in total. The number of hydrogen-bond acceptors (Lipinski definition) is 6. The molecule has 7 heteroatoms. The van der Waals surface area contributed by atoms with E-state index in [1.807, 2.05) is 0 Å². The Morgan fingerprint density at radius 2 is 1.57 bits per heavy atom. The molecular weight excluding hydrogens is 304 g/mol. The molecule has 0 spiro atoms. The van der Waals surface area contributed by atoms with Gasteiger partial charge in [-0.2, -0.15) is 0 Å². The van der Waals surface area contributed by atoms with Crippen molar-refractivity contribution < 1.29 is 36.1 Å². The van der Waals surface area contributed by atoms with Gasteiger partial charge < -0.3 is 29.9 Å². The van der Waals surface area contributed by atoms with Crippen LogP contribution in [0.5, 0.6) is 0 Å². The first-order valence-electron chi connectivity index (χ1n) is 8.96. The van der Waals surface area contributed by atoms with Gasteiger partial charge in [0.25, 0.3) is 0 Å². The molecule has 0 bridgehead atoms. The summed E-state index contributed by atoms with van der Waals surface area (Å²) >= 11 is 0. The molecule has 0 aliphatic carbocycles. The zero-order chi connectivity index (χ0) is 18.1. The normalized spacial score (nSPS) is 33.2. The van der Waals surface area contributed by atoms with E-state index < -0.39 is 43.3 Å². The Balaban J connectivity index is 2.31. The molecule has 4 N–H and O–H groups in total. The molecule has 0 aromatic heterocycles. The van der Waals surface area contributed by atoms with Crippen LogP contribution in [-0.4, -0.2) is 63.7 Å². The van der Waals surface area contributed by atoms with E-state index in [0.29, 0.717) is 6.42 Å². The first-order chi connectivity index (χ1) is 11.4. The summed E-state index contributed by atoms with van der Waals surface area (Å²) in [5, 5.41) is 38.0. The average Bonchev–Trinajstić information content (AvgIpc) is 2.54. The van der Waals surface area contributed by atoms with E-state index in [9.17, 15) is 20.1 Å². The van der Waals surface area contributed by atoms with Crippen LogP contribution in [0.25, 0.3) is 0 Å². The molecule has 1 saturated heterocycles. The molecule has 2 unspecified atom stereocenters. The van der Waals surface area contributed by atoms with Gasteiger partial charge in [0.05, 0.1) is 1.37 Å². The number of aliphatic hydroxyl groups excluding tert-OH is 3. The fourth-order valence-corrected chi connectivity index (χ4v) is 2.51. The van der Waals surface area contributed by atoms with Crippen LogP contribution in [0.15, 0.2) is 0 Å². The van der Waals surface area contributed by atoms with Crippen molar-refractivity contribution in [2.75, 3.05) is 6.58 Å². The Labute approximate surface area is 138 Å². The van der Waals surface area contributed by atoms with Gasteiger partial charge in [0, 0.05) is 6.58 Å². The van der Waals surface area contributed by atoms with Crippen molar-refractivity contribution in [2.24, 2.45) is 0 Å². The summed E-state index contributed by atoms with van der Waals surface area (Å²) in [5.74, 6) is -1.46. The lowest BCUT2D eigenvalue weighted by molar-refractivity contribution is -0.294. The lowest BCUT2D eigenvalue weighted by Gasteiger charge is -2.38. The second-order valence-electron chi connectivity index (χ2n) is 5.95. The first kappa shape index (κ1) is 18.6. The van der Waals surface area contributed by atoms with Crippen molar-refractivity contribution in [2.45, 2.75) is 89.0 Å². The van der Waals surface area contributed by atoms with Crippen molar-refractivity contribution >= 4 is 5.97 Å². The lowest BCUT2D eigenvalue weighted by Crippen LogP contribution is -2.60. The summed E-state index contributed by atoms with van der Waals surface area (Å²) in [6.07, 6.45) is -0.0647. The van der Waals surface area contributed by atoms with Crippen LogP contribution in [0.1, 0.15) is 59.7 Å². The zero-order valence-corrected chi connectivity index (χ0v) is 13.6. The number of hydrogen-bond donors (Lipinski definition) is 4. The van der Waals surface area contributed by atoms with Crippen LogP contribution < -0.4 is 0 Å². The third kappa shape index (κ3) is 6.73. The lowest BCUT2D eigenvalue weighted by atomic mass is 9.99. The molecule has 1 aliphatic rings. The molecule has 23 heavy (non-hydrogen) atoms. The molecule has 1 heterocycles. The summed E-state index contributed by atoms with van der Waals surface area (Å²) in [6.45, 7) is 1.17. The third-order valence-corrected chi connectivity index (χ3v) is 3.97. The summed E-state index contributed by atoms with van der Waals surface area (Å²) < 4.78 is 18.0. The average molecular weight is 335 g/mol. The zero-order valence-electron chi connectivity index (χ0n) is 14.6. The van der Waals surface area contributed by atoms with Crippen molar-refractivity contribution in [1.82, 2.24) is 0 Å². The molecule has 0 aromatic carbocycles. The molecule has 1 aliphatic heterocycles. The van der Waals surface area contributed by atoms with E-state index in [1.165, 1.54) is 25.7 Å². The number of carboxylic acids is 1. The van der Waals surface area contributed by atoms with Gasteiger partial charge in [-0.05, 0) is 6.42 Å². The van der Waals surface area contributed by atoms with Crippen molar-refractivity contribution in [3.8, 4) is 0 Å². The number of aliphatic carboxylic acids is 1. The Kier molecular flexibility index (Phi) is 8.85. The minimum Gasteiger partial charge on any atom is -0.479 e. The fraction of sp³-hybridized carbons (Fsp3) is 0.938. The molecule has 1 fully saturated rings. The smallest absolute Gasteiger partial charge is 0.335 e. The standard InChI is InChI=1S/C16H30O7/c1-2-3-4-5-6-7-8-9-10-22-16-13(19)11(17)12(18)14(23-16)15(20)21/h11-14,16-19H,2-10H2,1H3,(H,20,21)/t11-,12+,13+,14-,16?/m0/s1/i10D/t10?,11-,12+,13+,14-,16?. The SMILES string of the molecule is [2H]C(CCCCCCCCC)OC1O[C@H](C(=O)O)[C@H](O)[C@H](O)[C@H]1O. The van der Waals surface area contributed by atoms with Gasteiger partial charge in [-0.25, -0.2) is 4.79 Å². The van der Waals surface area contributed by atoms with Crippen LogP contribution in [0.3, 0.4) is 0 Å². The topological polar surface area (TPSA) is 116 Å². The van der Waals surface area contributed by atoms with Crippen LogP contribution >= 0.6 is 0 Å². The molecule has 0 amide bonds. The molecule has 0 saturated carbocycles. The van der Waals surface area contributed by atoms with Crippen LogP contribution in [0, 0.1) is 0 Å². The van der Waals surface area contributed by atoms with Crippen LogP contribution in [0.2, 0.25) is 0 Å². The number of unbranched alkanes of at least 4 members (excludes halogenated alkanes) is 6. The third-order valence-electron chi connectivity index (χ3n) is 3.97. The molecule has 1 rings (SSSR count). The van der Waals surface area contributed by atoms with Crippen LogP contribution in [-0.2, 0) is 14.3 Å². The highest BCUT2D eigenvalue weighted by atomic mass is 16.7. The monoisotopic (exact) mass is 335 g/mol. The minimum absolute atomic E-state index is 0.427. The highest BCUT2D eigenvalue weighted by molar-refractivity contribution is 5.73. The maximum atomic E-state index is 11.0. The van der Waals surface area contributed by atoms with Gasteiger partial charge in [0.2, 0.25) is 0 Å². The predicted molar refractivity (Wildman–Crippen MR) is 82.9 cm³/mol. The second kappa shape index (κ2) is 10.9. The molecule has 0 radical (unpaired) electrons. The highest BCUT2D eigenvalue weighted by Gasteiger charge is 2.47. The summed E-state index contributed by atoms with van der Waals surface area (Å²) in [4.78, 5) is 11.0. The van der Waals surface area contributed by atoms with Gasteiger partial charge in [-0.3, -0.25) is 0 Å². The highest BCUT2D eigenvalue weighted by Crippen LogP contribution is 2.22. The van der Waals surface area contributed by atoms with E-state index >= 15 is 0 Å². The van der Waals surface area contributed by atoms with Crippen LogP contribution in [0.4, 0.5) is 0 Å². The van der Waals surface area contributed by atoms with E-state index in [0.717, 1.165) is 19.3 Å². The van der Waals surface area contributed by atoms with Crippen molar-refractivity contribution in [3.63, 3.8) is 0 Å². The second-order valence-corrected chi connectivity index (χ2v) is 5.95. The largest absolute Gasteiger partial charge is 0.479 e. The Bertz CT molecular complexity index is 368. The number of carbonyl (C=O) groups is 1. The number of carboxylic acid groups (broad SMARTS) is 1. The van der Waals surface area contributed by atoms with E-state index in [4.69, 9.17) is 16.0 Å². The fourth-order valence-electron chi connectivity index (χ4n) is 2.51. The molecule has 0 aromatic rings. The quantitative estimate of drug-likeness (QED) is 0.417. The van der Waals surface area contributed by atoms with E-state index in [-0.39, 0.29) is 0 Å². The Morgan fingerprint density at radius 3 is 2.13 bits per heavy atom. The molecular formula is C16H30O7. The van der Waals surface area contributed by atoms with Crippen molar-refractivity contribution in [1.29, 1.82) is 0 Å². The van der Waals surface area contributed by atoms with Gasteiger partial charge in [-0.1, -0.05) is 51.9 Å². The number of rotatable bonds is 11. The van der Waals surface area contributed by atoms with Crippen molar-refractivity contribution in [3.05, 3.63) is 0 Å². The maximum absolute atomic E-state index is 11.0. The number of ether oxygens (including phenoxy) is 2. The van der Waals surface area contributed by atoms with Gasteiger partial charge in [0.15, 0.2) is 12.4 Å². The molecule has 136 valence electrons. The maximum Gasteiger partial charge on any atom is 0.335 e. The van der Waals surface area contributed by atoms with E-state index in [2.05, 4.69) is 6.92 Å². The minimum atomic E-state index is -1.75. The Morgan fingerprint density at radius 1 is 1.00 bits per heavy atom. The van der Waals surface area contributed by atoms with Gasteiger partial charge in [-0.15, -0.1) is 0 Å². The predicted octanol–water partition coefficient (Wildman–Crippen LogP) is 1.04. The van der Waals surface area contributed by atoms with E-state index in [1.54, 1.807) is 0 Å². The first-order valence-corrected chi connectivity index (χ1v) is 8.38. The summed E-state index contributed by atoms with van der Waals surface area (Å²) in [7, 11) is 0. The summed E-state index contributed by atoms with van der Waals surface area (Å²) in [5.41, 5.74) is 0. The number of aliphatic hydroxyl groups is 3.